The Morgan fingerprint density at radius 2 is 1.86 bits per heavy atom. The number of H-pyrrole nitrogens is 1. The van der Waals surface area contributed by atoms with Crippen LogP contribution in [0, 0.1) is 0 Å². The van der Waals surface area contributed by atoms with Gasteiger partial charge in [-0.2, -0.15) is 0 Å². The molecule has 0 saturated heterocycles. The number of fused-ring (bicyclic) bond motifs is 3. The van der Waals surface area contributed by atoms with Gasteiger partial charge < -0.3 is 9.72 Å². The molecule has 4 heteroatoms. The van der Waals surface area contributed by atoms with Crippen molar-refractivity contribution in [2.24, 2.45) is 0 Å². The maximum Gasteiger partial charge on any atom is 0.266 e. The minimum absolute atomic E-state index is 0.0401. The number of aromatic nitrogens is 1. The molecule has 108 valence electrons. The first kappa shape index (κ1) is 13.1. The molecule has 0 spiro atoms. The fraction of sp³-hybridized carbons (Fsp3) is 0.0556. The fourth-order valence-corrected chi connectivity index (χ4v) is 3.69. The third kappa shape index (κ3) is 1.84. The summed E-state index contributed by atoms with van der Waals surface area (Å²) in [6.45, 7) is 0. The molecule has 4 aromatic rings. The Labute approximate surface area is 130 Å². The minimum atomic E-state index is -0.0401. The first-order valence-electron chi connectivity index (χ1n) is 6.95. The molecule has 0 fully saturated rings. The highest BCUT2D eigenvalue weighted by molar-refractivity contribution is 7.17. The van der Waals surface area contributed by atoms with Crippen LogP contribution in [0.2, 0.25) is 0 Å². The van der Waals surface area contributed by atoms with Gasteiger partial charge in [0.25, 0.3) is 5.56 Å². The summed E-state index contributed by atoms with van der Waals surface area (Å²) in [7, 11) is 1.67. The molecule has 0 atom stereocenters. The summed E-state index contributed by atoms with van der Waals surface area (Å²) in [5.41, 5.74) is 2.88. The van der Waals surface area contributed by atoms with E-state index in [1.54, 1.807) is 7.11 Å². The molecule has 0 amide bonds. The van der Waals surface area contributed by atoms with Crippen LogP contribution in [0.15, 0.2) is 58.7 Å². The van der Waals surface area contributed by atoms with Crippen molar-refractivity contribution in [3.63, 3.8) is 0 Å². The van der Waals surface area contributed by atoms with Crippen molar-refractivity contribution in [2.45, 2.75) is 0 Å². The van der Waals surface area contributed by atoms with Gasteiger partial charge in [-0.05, 0) is 29.1 Å². The van der Waals surface area contributed by atoms with Gasteiger partial charge in [0, 0.05) is 21.9 Å². The van der Waals surface area contributed by atoms with Crippen molar-refractivity contribution in [1.29, 1.82) is 0 Å². The number of ether oxygens (including phenoxy) is 1. The Balaban J connectivity index is 2.26. The van der Waals surface area contributed by atoms with Crippen LogP contribution in [0.5, 0.6) is 5.75 Å². The highest BCUT2D eigenvalue weighted by atomic mass is 32.1. The molecule has 0 aliphatic carbocycles. The number of aromatic amines is 1. The summed E-state index contributed by atoms with van der Waals surface area (Å²) in [6, 6.07) is 15.9. The van der Waals surface area contributed by atoms with Gasteiger partial charge in [0.1, 0.15) is 10.4 Å². The standard InChI is InChI=1S/C18H13NO2S/c1-21-14-8-7-13-16(15(14)11-5-3-2-4-6-11)12-9-10-22-17(12)18(20)19-13/h2-10H,1H3,(H,19,20). The van der Waals surface area contributed by atoms with Crippen molar-refractivity contribution in [1.82, 2.24) is 4.98 Å². The Bertz CT molecular complexity index is 1030. The van der Waals surface area contributed by atoms with E-state index in [4.69, 9.17) is 4.74 Å². The molecule has 2 heterocycles. The van der Waals surface area contributed by atoms with Crippen molar-refractivity contribution in [3.8, 4) is 16.9 Å². The third-order valence-corrected chi connectivity index (χ3v) is 4.75. The number of hydrogen-bond acceptors (Lipinski definition) is 3. The van der Waals surface area contributed by atoms with Gasteiger partial charge in [-0.3, -0.25) is 4.79 Å². The first-order valence-corrected chi connectivity index (χ1v) is 7.83. The number of thiophene rings is 1. The maximum atomic E-state index is 12.2. The van der Waals surface area contributed by atoms with E-state index in [1.807, 2.05) is 41.8 Å². The second-order valence-corrected chi connectivity index (χ2v) is 5.97. The molecule has 4 rings (SSSR count). The van der Waals surface area contributed by atoms with Crippen molar-refractivity contribution in [2.75, 3.05) is 7.11 Å². The Hall–Kier alpha value is -2.59. The number of methoxy groups -OCH3 is 1. The molecule has 0 saturated carbocycles. The fourth-order valence-electron chi connectivity index (χ4n) is 2.89. The molecular weight excluding hydrogens is 294 g/mol. The molecule has 2 aromatic heterocycles. The van der Waals surface area contributed by atoms with Gasteiger partial charge in [0.2, 0.25) is 0 Å². The normalized spacial score (nSPS) is 11.1. The van der Waals surface area contributed by atoms with Crippen LogP contribution >= 0.6 is 11.3 Å². The van der Waals surface area contributed by atoms with E-state index >= 15 is 0 Å². The van der Waals surface area contributed by atoms with Crippen LogP contribution in [-0.2, 0) is 0 Å². The van der Waals surface area contributed by atoms with Crippen LogP contribution in [0.4, 0.5) is 0 Å². The lowest BCUT2D eigenvalue weighted by Gasteiger charge is -2.13. The lowest BCUT2D eigenvalue weighted by atomic mass is 9.97. The van der Waals surface area contributed by atoms with Gasteiger partial charge in [-0.1, -0.05) is 30.3 Å². The number of nitrogens with one attached hydrogen (secondary N) is 1. The van der Waals surface area contributed by atoms with Gasteiger partial charge in [0.05, 0.1) is 7.11 Å². The highest BCUT2D eigenvalue weighted by Gasteiger charge is 2.15. The molecular formula is C18H13NO2S. The number of rotatable bonds is 2. The predicted molar refractivity (Wildman–Crippen MR) is 91.9 cm³/mol. The number of hydrogen-bond donors (Lipinski definition) is 1. The van der Waals surface area contributed by atoms with E-state index < -0.39 is 0 Å². The first-order chi connectivity index (χ1) is 10.8. The average molecular weight is 307 g/mol. The van der Waals surface area contributed by atoms with Gasteiger partial charge in [-0.25, -0.2) is 0 Å². The lowest BCUT2D eigenvalue weighted by Crippen LogP contribution is -2.05. The second-order valence-electron chi connectivity index (χ2n) is 5.05. The van der Waals surface area contributed by atoms with E-state index in [9.17, 15) is 4.79 Å². The molecule has 1 N–H and O–H groups in total. The zero-order valence-electron chi connectivity index (χ0n) is 11.9. The van der Waals surface area contributed by atoms with Crippen LogP contribution in [-0.4, -0.2) is 12.1 Å². The Morgan fingerprint density at radius 3 is 2.64 bits per heavy atom. The molecule has 0 unspecified atom stereocenters. The van der Waals surface area contributed by atoms with Gasteiger partial charge >= 0.3 is 0 Å². The molecule has 0 bridgehead atoms. The monoisotopic (exact) mass is 307 g/mol. The van der Waals surface area contributed by atoms with Crippen LogP contribution in [0.1, 0.15) is 0 Å². The van der Waals surface area contributed by atoms with Crippen molar-refractivity contribution >= 4 is 32.3 Å². The van der Waals surface area contributed by atoms with E-state index in [0.717, 1.165) is 37.9 Å². The van der Waals surface area contributed by atoms with E-state index in [0.29, 0.717) is 0 Å². The van der Waals surface area contributed by atoms with Crippen molar-refractivity contribution in [3.05, 3.63) is 64.3 Å². The quantitative estimate of drug-likeness (QED) is 0.595. The van der Waals surface area contributed by atoms with E-state index in [2.05, 4.69) is 17.1 Å². The van der Waals surface area contributed by atoms with Crippen LogP contribution < -0.4 is 10.3 Å². The zero-order chi connectivity index (χ0) is 15.1. The Morgan fingerprint density at radius 1 is 1.05 bits per heavy atom. The molecule has 3 nitrogen and oxygen atoms in total. The number of pyridine rings is 1. The second kappa shape index (κ2) is 5.00. The lowest BCUT2D eigenvalue weighted by molar-refractivity contribution is 0.417. The topological polar surface area (TPSA) is 42.1 Å². The van der Waals surface area contributed by atoms with Crippen LogP contribution in [0.25, 0.3) is 32.1 Å². The SMILES string of the molecule is COc1ccc2[nH]c(=O)c3sccc3c2c1-c1ccccc1. The summed E-state index contributed by atoms with van der Waals surface area (Å²) >= 11 is 1.46. The summed E-state index contributed by atoms with van der Waals surface area (Å²) < 4.78 is 6.32. The smallest absolute Gasteiger partial charge is 0.266 e. The molecule has 22 heavy (non-hydrogen) atoms. The summed E-state index contributed by atoms with van der Waals surface area (Å²) in [6.07, 6.45) is 0. The zero-order valence-corrected chi connectivity index (χ0v) is 12.7. The largest absolute Gasteiger partial charge is 0.496 e. The highest BCUT2D eigenvalue weighted by Crippen LogP contribution is 2.39. The minimum Gasteiger partial charge on any atom is -0.496 e. The van der Waals surface area contributed by atoms with E-state index in [-0.39, 0.29) is 5.56 Å². The van der Waals surface area contributed by atoms with Crippen LogP contribution in [0.3, 0.4) is 0 Å². The molecule has 0 aliphatic rings. The third-order valence-electron chi connectivity index (χ3n) is 3.84. The average Bonchev–Trinajstić information content (AvgIpc) is 3.05. The predicted octanol–water partition coefficient (Wildman–Crippen LogP) is 4.42. The van der Waals surface area contributed by atoms with E-state index in [1.165, 1.54) is 11.3 Å². The number of benzene rings is 2. The van der Waals surface area contributed by atoms with Gasteiger partial charge in [-0.15, -0.1) is 11.3 Å². The Kier molecular flexibility index (Phi) is 2.98. The molecule has 0 aliphatic heterocycles. The summed E-state index contributed by atoms with van der Waals surface area (Å²) in [5, 5.41) is 3.95. The van der Waals surface area contributed by atoms with Crippen molar-refractivity contribution < 1.29 is 4.74 Å². The summed E-state index contributed by atoms with van der Waals surface area (Å²) in [4.78, 5) is 15.2. The molecule has 0 radical (unpaired) electrons. The molecule has 2 aromatic carbocycles. The summed E-state index contributed by atoms with van der Waals surface area (Å²) in [5.74, 6) is 0.804. The maximum absolute atomic E-state index is 12.2. The van der Waals surface area contributed by atoms with Gasteiger partial charge in [0.15, 0.2) is 0 Å².